The molecule has 1 aliphatic rings. The lowest BCUT2D eigenvalue weighted by atomic mass is 9.64. The van der Waals surface area contributed by atoms with E-state index in [9.17, 15) is 5.11 Å². The van der Waals surface area contributed by atoms with Gasteiger partial charge in [0.05, 0.1) is 18.9 Å². The fourth-order valence-corrected chi connectivity index (χ4v) is 2.10. The molecular weight excluding hydrogens is 202 g/mol. The van der Waals surface area contributed by atoms with Crippen molar-refractivity contribution < 1.29 is 9.84 Å². The summed E-state index contributed by atoms with van der Waals surface area (Å²) in [5.41, 5.74) is 0.927. The van der Waals surface area contributed by atoms with Gasteiger partial charge >= 0.3 is 0 Å². The van der Waals surface area contributed by atoms with Gasteiger partial charge in [-0.1, -0.05) is 26.0 Å². The molecule has 2 atom stereocenters. The van der Waals surface area contributed by atoms with Crippen LogP contribution in [0, 0.1) is 5.41 Å². The van der Waals surface area contributed by atoms with Crippen molar-refractivity contribution in [3.63, 3.8) is 0 Å². The van der Waals surface area contributed by atoms with Crippen molar-refractivity contribution in [3.8, 4) is 5.75 Å². The Labute approximate surface area is 96.4 Å². The monoisotopic (exact) mass is 221 g/mol. The van der Waals surface area contributed by atoms with E-state index in [1.54, 1.807) is 7.11 Å². The van der Waals surface area contributed by atoms with Crippen LogP contribution in [-0.4, -0.2) is 24.4 Å². The first kappa shape index (κ1) is 11.3. The molecule has 2 unspecified atom stereocenters. The van der Waals surface area contributed by atoms with Crippen molar-refractivity contribution in [1.82, 2.24) is 0 Å². The average molecular weight is 221 g/mol. The lowest BCUT2D eigenvalue weighted by Crippen LogP contribution is -2.56. The van der Waals surface area contributed by atoms with Crippen LogP contribution in [0.5, 0.6) is 5.75 Å². The minimum absolute atomic E-state index is 0.0686. The van der Waals surface area contributed by atoms with Gasteiger partial charge in [0.15, 0.2) is 0 Å². The van der Waals surface area contributed by atoms with Crippen molar-refractivity contribution in [2.24, 2.45) is 5.41 Å². The molecule has 0 bridgehead atoms. The summed E-state index contributed by atoms with van der Waals surface area (Å²) in [6.07, 6.45) is 0.588. The van der Waals surface area contributed by atoms with Crippen LogP contribution < -0.4 is 10.1 Å². The number of aliphatic hydroxyl groups excluding tert-OH is 1. The van der Waals surface area contributed by atoms with E-state index in [0.717, 1.165) is 17.9 Å². The molecule has 3 heteroatoms. The highest BCUT2D eigenvalue weighted by Crippen LogP contribution is 2.43. The summed E-state index contributed by atoms with van der Waals surface area (Å²) in [5.74, 6) is 0.847. The predicted octanol–water partition coefficient (Wildman–Crippen LogP) is 2.27. The van der Waals surface area contributed by atoms with Gasteiger partial charge in [-0.05, 0) is 18.6 Å². The molecule has 0 aliphatic heterocycles. The van der Waals surface area contributed by atoms with Gasteiger partial charge in [-0.3, -0.25) is 0 Å². The van der Waals surface area contributed by atoms with E-state index in [-0.39, 0.29) is 11.5 Å². The number of hydrogen-bond acceptors (Lipinski definition) is 3. The lowest BCUT2D eigenvalue weighted by Gasteiger charge is -2.49. The molecule has 0 heterocycles. The standard InChI is InChI=1S/C13H19NO2/c1-13(2)11(8-12(13)15)14-9-6-4-5-7-10(9)16-3/h4-7,11-12,14-15H,8H2,1-3H3. The van der Waals surface area contributed by atoms with Gasteiger partial charge in [-0.15, -0.1) is 0 Å². The van der Waals surface area contributed by atoms with E-state index < -0.39 is 0 Å². The zero-order valence-electron chi connectivity index (χ0n) is 10.0. The van der Waals surface area contributed by atoms with Gasteiger partial charge in [-0.2, -0.15) is 0 Å². The molecule has 1 aromatic rings. The topological polar surface area (TPSA) is 41.5 Å². The number of hydrogen-bond donors (Lipinski definition) is 2. The van der Waals surface area contributed by atoms with E-state index in [2.05, 4.69) is 19.2 Å². The summed E-state index contributed by atoms with van der Waals surface area (Å²) in [4.78, 5) is 0. The van der Waals surface area contributed by atoms with Gasteiger partial charge in [0.2, 0.25) is 0 Å². The molecule has 2 rings (SSSR count). The third-order valence-corrected chi connectivity index (χ3v) is 3.65. The van der Waals surface area contributed by atoms with Gasteiger partial charge in [0, 0.05) is 11.5 Å². The van der Waals surface area contributed by atoms with E-state index in [1.807, 2.05) is 24.3 Å². The smallest absolute Gasteiger partial charge is 0.141 e. The van der Waals surface area contributed by atoms with E-state index >= 15 is 0 Å². The van der Waals surface area contributed by atoms with Gasteiger partial charge in [0.1, 0.15) is 5.75 Å². The highest BCUT2D eigenvalue weighted by Gasteiger charge is 2.47. The molecule has 0 aromatic heterocycles. The minimum Gasteiger partial charge on any atom is -0.495 e. The number of aliphatic hydroxyl groups is 1. The lowest BCUT2D eigenvalue weighted by molar-refractivity contribution is -0.0511. The maximum Gasteiger partial charge on any atom is 0.141 e. The maximum atomic E-state index is 9.68. The summed E-state index contributed by atoms with van der Waals surface area (Å²) in [6.45, 7) is 4.16. The van der Waals surface area contributed by atoms with Crippen LogP contribution >= 0.6 is 0 Å². The van der Waals surface area contributed by atoms with Gasteiger partial charge in [-0.25, -0.2) is 0 Å². The van der Waals surface area contributed by atoms with Crippen molar-refractivity contribution in [1.29, 1.82) is 0 Å². The van der Waals surface area contributed by atoms with Crippen LogP contribution in [-0.2, 0) is 0 Å². The summed E-state index contributed by atoms with van der Waals surface area (Å²) in [7, 11) is 1.67. The Morgan fingerprint density at radius 1 is 1.38 bits per heavy atom. The SMILES string of the molecule is COc1ccccc1NC1CC(O)C1(C)C. The number of methoxy groups -OCH3 is 1. The molecule has 0 radical (unpaired) electrons. The highest BCUT2D eigenvalue weighted by molar-refractivity contribution is 5.57. The molecule has 1 fully saturated rings. The first-order valence-corrected chi connectivity index (χ1v) is 5.63. The number of ether oxygens (including phenoxy) is 1. The van der Waals surface area contributed by atoms with Crippen LogP contribution in [0.25, 0.3) is 0 Å². The molecule has 0 amide bonds. The molecule has 1 aliphatic carbocycles. The van der Waals surface area contributed by atoms with Crippen molar-refractivity contribution in [3.05, 3.63) is 24.3 Å². The molecule has 0 spiro atoms. The Morgan fingerprint density at radius 2 is 2.06 bits per heavy atom. The first-order valence-electron chi connectivity index (χ1n) is 5.63. The quantitative estimate of drug-likeness (QED) is 0.822. The Bertz CT molecular complexity index is 376. The number of nitrogens with one attached hydrogen (secondary N) is 1. The second kappa shape index (κ2) is 3.98. The van der Waals surface area contributed by atoms with Crippen LogP contribution in [0.15, 0.2) is 24.3 Å². The zero-order chi connectivity index (χ0) is 11.8. The summed E-state index contributed by atoms with van der Waals surface area (Å²) in [5, 5.41) is 13.1. The predicted molar refractivity (Wildman–Crippen MR) is 64.8 cm³/mol. The largest absolute Gasteiger partial charge is 0.495 e. The third-order valence-electron chi connectivity index (χ3n) is 3.65. The average Bonchev–Trinajstić information content (AvgIpc) is 2.29. The second-order valence-corrected chi connectivity index (χ2v) is 4.97. The summed E-state index contributed by atoms with van der Waals surface area (Å²) >= 11 is 0. The molecule has 2 N–H and O–H groups in total. The number of rotatable bonds is 3. The molecule has 0 saturated heterocycles. The Morgan fingerprint density at radius 3 is 2.62 bits per heavy atom. The molecule has 1 saturated carbocycles. The van der Waals surface area contributed by atoms with Gasteiger partial charge < -0.3 is 15.2 Å². The first-order chi connectivity index (χ1) is 7.55. The normalized spacial score (nSPS) is 27.0. The van der Waals surface area contributed by atoms with Crippen molar-refractivity contribution in [2.75, 3.05) is 12.4 Å². The molecule has 16 heavy (non-hydrogen) atoms. The zero-order valence-corrected chi connectivity index (χ0v) is 10.0. The molecule has 3 nitrogen and oxygen atoms in total. The Kier molecular flexibility index (Phi) is 2.80. The fraction of sp³-hybridized carbons (Fsp3) is 0.538. The number of para-hydroxylation sites is 2. The molecular formula is C13H19NO2. The molecule has 1 aromatic carbocycles. The van der Waals surface area contributed by atoms with Crippen molar-refractivity contribution >= 4 is 5.69 Å². The van der Waals surface area contributed by atoms with E-state index in [1.165, 1.54) is 0 Å². The third kappa shape index (κ3) is 1.76. The van der Waals surface area contributed by atoms with Crippen LogP contribution in [0.3, 0.4) is 0 Å². The number of benzene rings is 1. The van der Waals surface area contributed by atoms with E-state index in [0.29, 0.717) is 6.04 Å². The fourth-order valence-electron chi connectivity index (χ4n) is 2.10. The Balaban J connectivity index is 2.11. The summed E-state index contributed by atoms with van der Waals surface area (Å²) in [6, 6.07) is 8.17. The van der Waals surface area contributed by atoms with Crippen LogP contribution in [0.2, 0.25) is 0 Å². The van der Waals surface area contributed by atoms with Crippen molar-refractivity contribution in [2.45, 2.75) is 32.4 Å². The van der Waals surface area contributed by atoms with Gasteiger partial charge in [0.25, 0.3) is 0 Å². The summed E-state index contributed by atoms with van der Waals surface area (Å²) < 4.78 is 5.28. The highest BCUT2D eigenvalue weighted by atomic mass is 16.5. The maximum absolute atomic E-state index is 9.68. The number of anilines is 1. The van der Waals surface area contributed by atoms with E-state index in [4.69, 9.17) is 4.74 Å². The molecule has 88 valence electrons. The second-order valence-electron chi connectivity index (χ2n) is 4.97. The van der Waals surface area contributed by atoms with Crippen LogP contribution in [0.1, 0.15) is 20.3 Å². The Hall–Kier alpha value is -1.22. The van der Waals surface area contributed by atoms with Crippen LogP contribution in [0.4, 0.5) is 5.69 Å². The minimum atomic E-state index is -0.209.